The number of nitrogens with two attached hydrogens (primary N) is 2. The van der Waals surface area contributed by atoms with E-state index < -0.39 is 23.9 Å². The topological polar surface area (TPSA) is 146 Å². The third-order valence-electron chi connectivity index (χ3n) is 3.76. The van der Waals surface area contributed by atoms with Crippen LogP contribution >= 0.6 is 0 Å². The van der Waals surface area contributed by atoms with Gasteiger partial charge in [0.05, 0.1) is 18.8 Å². The number of rotatable bonds is 9. The lowest BCUT2D eigenvalue weighted by Gasteiger charge is -2.16. The zero-order valence-corrected chi connectivity index (χ0v) is 13.9. The first-order valence-electron chi connectivity index (χ1n) is 7.87. The molecule has 0 spiro atoms. The molecule has 0 aromatic heterocycles. The van der Waals surface area contributed by atoms with Gasteiger partial charge in [-0.15, -0.1) is 0 Å². The molecule has 6 N–H and O–H groups in total. The van der Waals surface area contributed by atoms with Gasteiger partial charge in [0.2, 0.25) is 18.6 Å². The number of hydrogen-bond acceptors (Lipinski definition) is 7. The molecule has 2 rings (SSSR count). The largest absolute Gasteiger partial charge is 0.454 e. The van der Waals surface area contributed by atoms with Gasteiger partial charge < -0.3 is 26.3 Å². The minimum Gasteiger partial charge on any atom is -0.454 e. The maximum Gasteiger partial charge on any atom is 0.237 e. The van der Waals surface area contributed by atoms with Gasteiger partial charge in [-0.1, -0.05) is 0 Å². The first-order valence-corrected chi connectivity index (χ1v) is 7.87. The predicted octanol–water partition coefficient (Wildman–Crippen LogP) is -0.757. The summed E-state index contributed by atoms with van der Waals surface area (Å²) >= 11 is 0. The lowest BCUT2D eigenvalue weighted by atomic mass is 10.1. The lowest BCUT2D eigenvalue weighted by Crippen LogP contribution is -2.47. The SMILES string of the molecule is CC(NCNC(=O)C(N)CCC(N)=O)C(=O)c1ccc2c(c1)OCO2. The van der Waals surface area contributed by atoms with Crippen LogP contribution in [-0.2, 0) is 9.59 Å². The van der Waals surface area contributed by atoms with Crippen molar-refractivity contribution in [1.82, 2.24) is 10.6 Å². The highest BCUT2D eigenvalue weighted by Gasteiger charge is 2.20. The summed E-state index contributed by atoms with van der Waals surface area (Å²) in [5.74, 6) is 0.0625. The number of amides is 2. The Morgan fingerprint density at radius 2 is 1.96 bits per heavy atom. The van der Waals surface area contributed by atoms with E-state index in [2.05, 4.69) is 10.6 Å². The van der Waals surface area contributed by atoms with Crippen molar-refractivity contribution in [2.24, 2.45) is 11.5 Å². The molecular weight excluding hydrogens is 328 g/mol. The van der Waals surface area contributed by atoms with Gasteiger partial charge in [0.25, 0.3) is 0 Å². The molecule has 1 heterocycles. The molecule has 25 heavy (non-hydrogen) atoms. The second-order valence-corrected chi connectivity index (χ2v) is 5.69. The average Bonchev–Trinajstić information content (AvgIpc) is 3.06. The van der Waals surface area contributed by atoms with Crippen LogP contribution in [-0.4, -0.2) is 43.1 Å². The van der Waals surface area contributed by atoms with Gasteiger partial charge in [0.1, 0.15) is 0 Å². The fourth-order valence-corrected chi connectivity index (χ4v) is 2.24. The van der Waals surface area contributed by atoms with Crippen molar-refractivity contribution < 1.29 is 23.9 Å². The molecule has 0 radical (unpaired) electrons. The van der Waals surface area contributed by atoms with E-state index in [-0.39, 0.29) is 32.1 Å². The fourth-order valence-electron chi connectivity index (χ4n) is 2.24. The molecule has 0 fully saturated rings. The summed E-state index contributed by atoms with van der Waals surface area (Å²) in [6.07, 6.45) is 0.216. The van der Waals surface area contributed by atoms with Crippen LogP contribution in [0, 0.1) is 0 Å². The van der Waals surface area contributed by atoms with Crippen molar-refractivity contribution in [2.45, 2.75) is 31.8 Å². The second kappa shape index (κ2) is 8.45. The number of fused-ring (bicyclic) bond motifs is 1. The Morgan fingerprint density at radius 3 is 2.68 bits per heavy atom. The molecule has 0 saturated heterocycles. The maximum absolute atomic E-state index is 12.4. The molecule has 136 valence electrons. The minimum absolute atomic E-state index is 0.0427. The van der Waals surface area contributed by atoms with Crippen LogP contribution in [0.25, 0.3) is 0 Å². The van der Waals surface area contributed by atoms with Gasteiger partial charge in [0, 0.05) is 12.0 Å². The highest BCUT2D eigenvalue weighted by atomic mass is 16.7. The summed E-state index contributed by atoms with van der Waals surface area (Å²) in [7, 11) is 0. The number of nitrogens with one attached hydrogen (secondary N) is 2. The minimum atomic E-state index is -0.825. The third-order valence-corrected chi connectivity index (χ3v) is 3.76. The molecule has 1 aromatic rings. The smallest absolute Gasteiger partial charge is 0.237 e. The number of Topliss-reactive ketones (excluding diaryl/α,β-unsaturated/α-hetero) is 1. The number of primary amides is 1. The van der Waals surface area contributed by atoms with Crippen molar-refractivity contribution in [2.75, 3.05) is 13.5 Å². The first kappa shape index (κ1) is 18.7. The molecule has 2 amide bonds. The highest BCUT2D eigenvalue weighted by Crippen LogP contribution is 2.32. The van der Waals surface area contributed by atoms with E-state index in [1.54, 1.807) is 25.1 Å². The fraction of sp³-hybridized carbons (Fsp3) is 0.438. The zero-order valence-electron chi connectivity index (χ0n) is 13.9. The number of hydrogen-bond donors (Lipinski definition) is 4. The summed E-state index contributed by atoms with van der Waals surface area (Å²) in [5.41, 5.74) is 11.1. The molecule has 0 saturated carbocycles. The predicted molar refractivity (Wildman–Crippen MR) is 88.9 cm³/mol. The molecular formula is C16H22N4O5. The van der Waals surface area contributed by atoms with Gasteiger partial charge in [-0.3, -0.25) is 19.7 Å². The van der Waals surface area contributed by atoms with Crippen molar-refractivity contribution in [3.8, 4) is 11.5 Å². The molecule has 1 aromatic carbocycles. The van der Waals surface area contributed by atoms with Crippen LogP contribution in [0.1, 0.15) is 30.1 Å². The van der Waals surface area contributed by atoms with Gasteiger partial charge >= 0.3 is 0 Å². The molecule has 1 aliphatic rings. The van der Waals surface area contributed by atoms with E-state index in [9.17, 15) is 14.4 Å². The van der Waals surface area contributed by atoms with Gasteiger partial charge in [-0.05, 0) is 31.5 Å². The van der Waals surface area contributed by atoms with Crippen LogP contribution in [0.3, 0.4) is 0 Å². The van der Waals surface area contributed by atoms with Crippen LogP contribution in [0.4, 0.5) is 0 Å². The molecule has 0 aliphatic carbocycles. The number of carbonyl (C=O) groups excluding carboxylic acids is 3. The van der Waals surface area contributed by atoms with Crippen molar-refractivity contribution in [1.29, 1.82) is 0 Å². The Balaban J connectivity index is 1.78. The number of benzene rings is 1. The molecule has 2 atom stereocenters. The number of ether oxygens (including phenoxy) is 2. The molecule has 2 unspecified atom stereocenters. The summed E-state index contributed by atoms with van der Waals surface area (Å²) in [6, 6.07) is 3.62. The van der Waals surface area contributed by atoms with E-state index >= 15 is 0 Å². The Kier molecular flexibility index (Phi) is 6.31. The van der Waals surface area contributed by atoms with Crippen molar-refractivity contribution >= 4 is 17.6 Å². The zero-order chi connectivity index (χ0) is 18.4. The first-order chi connectivity index (χ1) is 11.9. The van der Waals surface area contributed by atoms with Gasteiger partial charge in [-0.25, -0.2) is 0 Å². The molecule has 0 bridgehead atoms. The molecule has 1 aliphatic heterocycles. The standard InChI is InChI=1S/C16H22N4O5/c1-9(19-7-20-16(23)11(17)3-5-14(18)21)15(22)10-2-4-12-13(6-10)25-8-24-12/h2,4,6,9,11,19H,3,5,7-8,17H2,1H3,(H2,18,21)(H,20,23). The average molecular weight is 350 g/mol. The summed E-state index contributed by atoms with van der Waals surface area (Å²) < 4.78 is 10.5. The van der Waals surface area contributed by atoms with Crippen molar-refractivity contribution in [3.63, 3.8) is 0 Å². The third kappa shape index (κ3) is 5.16. The molecule has 9 heteroatoms. The Bertz CT molecular complexity index is 664. The second-order valence-electron chi connectivity index (χ2n) is 5.69. The van der Waals surface area contributed by atoms with Gasteiger partial charge in [0.15, 0.2) is 17.3 Å². The highest BCUT2D eigenvalue weighted by molar-refractivity contribution is 6.00. The maximum atomic E-state index is 12.4. The Morgan fingerprint density at radius 1 is 1.24 bits per heavy atom. The quantitative estimate of drug-likeness (QED) is 0.338. The van der Waals surface area contributed by atoms with E-state index in [0.29, 0.717) is 17.1 Å². The summed E-state index contributed by atoms with van der Waals surface area (Å²) in [6.45, 7) is 1.90. The van der Waals surface area contributed by atoms with Gasteiger partial charge in [-0.2, -0.15) is 0 Å². The normalized spacial score (nSPS) is 14.6. The van der Waals surface area contributed by atoms with E-state index in [1.165, 1.54) is 0 Å². The van der Waals surface area contributed by atoms with Crippen LogP contribution in [0.2, 0.25) is 0 Å². The van der Waals surface area contributed by atoms with E-state index in [4.69, 9.17) is 20.9 Å². The Hall–Kier alpha value is -2.65. The summed E-state index contributed by atoms with van der Waals surface area (Å²) in [4.78, 5) is 34.8. The number of carbonyl (C=O) groups is 3. The monoisotopic (exact) mass is 350 g/mol. The molecule has 9 nitrogen and oxygen atoms in total. The van der Waals surface area contributed by atoms with E-state index in [1.807, 2.05) is 0 Å². The van der Waals surface area contributed by atoms with E-state index in [0.717, 1.165) is 0 Å². The number of ketones is 1. The van der Waals surface area contributed by atoms with Crippen LogP contribution in [0.15, 0.2) is 18.2 Å². The van der Waals surface area contributed by atoms with Crippen molar-refractivity contribution in [3.05, 3.63) is 23.8 Å². The Labute approximate surface area is 145 Å². The van der Waals surface area contributed by atoms with Crippen LogP contribution < -0.4 is 31.6 Å². The lowest BCUT2D eigenvalue weighted by molar-refractivity contribution is -0.123. The summed E-state index contributed by atoms with van der Waals surface area (Å²) in [5, 5.41) is 5.46. The van der Waals surface area contributed by atoms with Crippen LogP contribution in [0.5, 0.6) is 11.5 Å².